The molecule has 2 heterocycles. The van der Waals surface area contributed by atoms with Crippen LogP contribution in [0.5, 0.6) is 0 Å². The minimum atomic E-state index is -0.445. The first kappa shape index (κ1) is 19.4. The van der Waals surface area contributed by atoms with E-state index in [1.165, 1.54) is 0 Å². The maximum atomic E-state index is 12.3. The quantitative estimate of drug-likeness (QED) is 0.516. The number of ether oxygens (including phenoxy) is 1. The van der Waals surface area contributed by atoms with Gasteiger partial charge >= 0.3 is 11.8 Å². The zero-order valence-electron chi connectivity index (χ0n) is 16.5. The summed E-state index contributed by atoms with van der Waals surface area (Å²) in [6.07, 6.45) is 1.85. The van der Waals surface area contributed by atoms with E-state index in [2.05, 4.69) is 15.3 Å². The van der Waals surface area contributed by atoms with Gasteiger partial charge in [0.15, 0.2) is 5.65 Å². The van der Waals surface area contributed by atoms with E-state index in [0.29, 0.717) is 17.6 Å². The van der Waals surface area contributed by atoms with Crippen molar-refractivity contribution in [2.75, 3.05) is 0 Å². The number of aromatic nitrogens is 3. The average Bonchev–Trinajstić information content (AvgIpc) is 3.09. The Morgan fingerprint density at radius 3 is 2.60 bits per heavy atom. The third-order valence-corrected chi connectivity index (χ3v) is 4.76. The maximum Gasteiger partial charge on any atom is 0.407 e. The summed E-state index contributed by atoms with van der Waals surface area (Å²) in [4.78, 5) is 31.4. The van der Waals surface area contributed by atoms with Crippen LogP contribution >= 0.6 is 0 Å². The highest BCUT2D eigenvalue weighted by atomic mass is 16.5. The molecule has 7 nitrogen and oxygen atoms in total. The van der Waals surface area contributed by atoms with E-state index in [1.54, 1.807) is 16.8 Å². The van der Waals surface area contributed by atoms with Gasteiger partial charge < -0.3 is 15.0 Å². The first-order chi connectivity index (χ1) is 14.6. The number of hydrogen-bond acceptors (Lipinski definition) is 4. The molecule has 0 saturated heterocycles. The molecule has 0 saturated carbocycles. The van der Waals surface area contributed by atoms with Crippen molar-refractivity contribution in [1.82, 2.24) is 19.9 Å². The molecule has 0 fully saturated rings. The third kappa shape index (κ3) is 4.41. The normalized spacial score (nSPS) is 11.9. The monoisotopic (exact) mass is 402 g/mol. The molecule has 152 valence electrons. The fourth-order valence-corrected chi connectivity index (χ4v) is 3.33. The number of alkyl carbamates (subject to hydrolysis) is 1. The summed E-state index contributed by atoms with van der Waals surface area (Å²) >= 11 is 0. The Hall–Kier alpha value is -3.87. The summed E-state index contributed by atoms with van der Waals surface area (Å²) in [6.45, 7) is 2.16. The predicted octanol–water partition coefficient (Wildman–Crippen LogP) is 3.57. The Bertz CT molecular complexity index is 1200. The molecule has 2 aromatic heterocycles. The van der Waals surface area contributed by atoms with Gasteiger partial charge in [0.2, 0.25) is 0 Å². The van der Waals surface area contributed by atoms with E-state index >= 15 is 0 Å². The second-order valence-corrected chi connectivity index (χ2v) is 7.12. The fourth-order valence-electron chi connectivity index (χ4n) is 3.33. The van der Waals surface area contributed by atoms with Gasteiger partial charge in [-0.3, -0.25) is 0 Å². The van der Waals surface area contributed by atoms with Crippen LogP contribution in [-0.4, -0.2) is 26.7 Å². The molecular weight excluding hydrogens is 380 g/mol. The van der Waals surface area contributed by atoms with Crippen LogP contribution in [0.2, 0.25) is 0 Å². The molecule has 0 spiro atoms. The number of nitrogens with zero attached hydrogens (tertiary/aromatic N) is 2. The number of fused-ring (bicyclic) bond motifs is 1. The van der Waals surface area contributed by atoms with Crippen molar-refractivity contribution in [3.63, 3.8) is 0 Å². The number of aromatic amines is 1. The van der Waals surface area contributed by atoms with Crippen molar-refractivity contribution in [3.8, 4) is 5.69 Å². The smallest absolute Gasteiger partial charge is 0.407 e. The molecule has 1 amide bonds. The van der Waals surface area contributed by atoms with Crippen LogP contribution < -0.4 is 11.0 Å². The van der Waals surface area contributed by atoms with E-state index in [-0.39, 0.29) is 18.3 Å². The number of rotatable bonds is 6. The molecule has 0 radical (unpaired) electrons. The van der Waals surface area contributed by atoms with E-state index in [0.717, 1.165) is 16.8 Å². The number of hydrogen-bond donors (Lipinski definition) is 2. The molecule has 30 heavy (non-hydrogen) atoms. The Balaban J connectivity index is 1.36. The lowest BCUT2D eigenvalue weighted by molar-refractivity contribution is 0.136. The second-order valence-electron chi connectivity index (χ2n) is 7.12. The summed E-state index contributed by atoms with van der Waals surface area (Å²) in [7, 11) is 0. The molecule has 0 aliphatic carbocycles. The number of pyridine rings is 1. The Morgan fingerprint density at radius 1 is 1.07 bits per heavy atom. The summed E-state index contributed by atoms with van der Waals surface area (Å²) < 4.78 is 6.80. The molecule has 4 rings (SSSR count). The number of carbonyl (C=O) groups is 1. The zero-order valence-corrected chi connectivity index (χ0v) is 16.5. The van der Waals surface area contributed by atoms with Crippen molar-refractivity contribution >= 4 is 17.3 Å². The second kappa shape index (κ2) is 8.65. The number of imidazole rings is 1. The highest BCUT2D eigenvalue weighted by molar-refractivity contribution is 5.72. The topological polar surface area (TPSA) is 89.0 Å². The van der Waals surface area contributed by atoms with Crippen LogP contribution in [0.25, 0.3) is 16.9 Å². The van der Waals surface area contributed by atoms with Crippen molar-refractivity contribution in [2.45, 2.75) is 26.0 Å². The van der Waals surface area contributed by atoms with Crippen LogP contribution in [0, 0.1) is 0 Å². The summed E-state index contributed by atoms with van der Waals surface area (Å²) in [5.41, 5.74) is 3.77. The summed E-state index contributed by atoms with van der Waals surface area (Å²) in [5.74, 6) is 0. The highest BCUT2D eigenvalue weighted by Gasteiger charge is 2.12. The van der Waals surface area contributed by atoms with Gasteiger partial charge in [-0.05, 0) is 48.7 Å². The lowest BCUT2D eigenvalue weighted by atomic mass is 10.1. The number of benzene rings is 2. The van der Waals surface area contributed by atoms with Gasteiger partial charge in [0.1, 0.15) is 6.61 Å². The number of amides is 1. The van der Waals surface area contributed by atoms with Gasteiger partial charge in [-0.1, -0.05) is 42.5 Å². The van der Waals surface area contributed by atoms with Crippen LogP contribution in [0.1, 0.15) is 18.1 Å². The zero-order chi connectivity index (χ0) is 20.9. The van der Waals surface area contributed by atoms with E-state index in [9.17, 15) is 9.59 Å². The van der Waals surface area contributed by atoms with Gasteiger partial charge in [0, 0.05) is 12.2 Å². The fraction of sp³-hybridized carbons (Fsp3) is 0.174. The Labute approximate surface area is 173 Å². The van der Waals surface area contributed by atoms with Crippen LogP contribution in [-0.2, 0) is 17.8 Å². The van der Waals surface area contributed by atoms with E-state index in [1.807, 2.05) is 67.6 Å². The number of H-pyrrole nitrogens is 1. The van der Waals surface area contributed by atoms with E-state index in [4.69, 9.17) is 4.74 Å². The van der Waals surface area contributed by atoms with Crippen LogP contribution in [0.4, 0.5) is 4.79 Å². The third-order valence-electron chi connectivity index (χ3n) is 4.76. The minimum Gasteiger partial charge on any atom is -0.445 e. The lowest BCUT2D eigenvalue weighted by Crippen LogP contribution is -2.34. The Morgan fingerprint density at radius 2 is 1.83 bits per heavy atom. The molecule has 0 unspecified atom stereocenters. The van der Waals surface area contributed by atoms with E-state index < -0.39 is 6.09 Å². The molecule has 4 aromatic rings. The van der Waals surface area contributed by atoms with Crippen LogP contribution in [0.15, 0.2) is 77.7 Å². The van der Waals surface area contributed by atoms with Gasteiger partial charge in [-0.2, -0.15) is 0 Å². The van der Waals surface area contributed by atoms with Crippen molar-refractivity contribution in [2.24, 2.45) is 0 Å². The molecule has 0 aliphatic rings. The summed E-state index contributed by atoms with van der Waals surface area (Å²) in [5, 5.41) is 2.84. The van der Waals surface area contributed by atoms with Gasteiger partial charge in [0.25, 0.3) is 0 Å². The minimum absolute atomic E-state index is 0.100. The van der Waals surface area contributed by atoms with Gasteiger partial charge in [-0.15, -0.1) is 0 Å². The lowest BCUT2D eigenvalue weighted by Gasteiger charge is -2.14. The van der Waals surface area contributed by atoms with Gasteiger partial charge in [0.05, 0.1) is 11.2 Å². The van der Waals surface area contributed by atoms with Gasteiger partial charge in [-0.25, -0.2) is 19.1 Å². The number of nitrogens with one attached hydrogen (secondary N) is 2. The summed E-state index contributed by atoms with van der Waals surface area (Å²) in [6, 6.07) is 20.7. The molecule has 2 aromatic carbocycles. The first-order valence-corrected chi connectivity index (χ1v) is 9.72. The average molecular weight is 402 g/mol. The van der Waals surface area contributed by atoms with Crippen molar-refractivity contribution < 1.29 is 9.53 Å². The molecule has 1 atom stereocenters. The number of carbonyl (C=O) groups excluding carboxylic acids is 1. The molecule has 0 bridgehead atoms. The highest BCUT2D eigenvalue weighted by Crippen LogP contribution is 2.15. The maximum absolute atomic E-state index is 12.3. The van der Waals surface area contributed by atoms with Crippen molar-refractivity contribution in [1.29, 1.82) is 0 Å². The molecule has 2 N–H and O–H groups in total. The SMILES string of the molecule is C[C@H](Cc1ccc(-n2c(=O)[nH]c3cccnc32)cc1)NC(=O)OCc1ccccc1. The largest absolute Gasteiger partial charge is 0.445 e. The predicted molar refractivity (Wildman–Crippen MR) is 115 cm³/mol. The molecule has 0 aliphatic heterocycles. The first-order valence-electron chi connectivity index (χ1n) is 9.72. The standard InChI is InChI=1S/C23H22N4O3/c1-16(25-23(29)30-15-18-6-3-2-4-7-18)14-17-9-11-19(12-10-17)27-21-20(26-22(27)28)8-5-13-24-21/h2-13,16H,14-15H2,1H3,(H,25,29)(H,26,28)/t16-/m1/s1. The Kier molecular flexibility index (Phi) is 5.61. The van der Waals surface area contributed by atoms with Crippen molar-refractivity contribution in [3.05, 3.63) is 94.5 Å². The molecular formula is C23H22N4O3. The van der Waals surface area contributed by atoms with Crippen LogP contribution in [0.3, 0.4) is 0 Å². The molecule has 7 heteroatoms.